The number of hydrogen-bond acceptors (Lipinski definition) is 7. The highest BCUT2D eigenvalue weighted by atomic mass is 35.5. The molecular formula is C16H13ClN4O4S2. The van der Waals surface area contributed by atoms with Gasteiger partial charge in [-0.05, 0) is 48.5 Å². The lowest BCUT2D eigenvalue weighted by Crippen LogP contribution is -2.15. The van der Waals surface area contributed by atoms with Crippen molar-refractivity contribution in [2.75, 3.05) is 11.1 Å². The molecule has 2 aromatic carbocycles. The number of benzene rings is 2. The van der Waals surface area contributed by atoms with Crippen LogP contribution in [0.2, 0.25) is 5.02 Å². The number of carbonyl (C=O) groups is 1. The minimum Gasteiger partial charge on any atom is -0.411 e. The van der Waals surface area contributed by atoms with E-state index in [-0.39, 0.29) is 21.8 Å². The van der Waals surface area contributed by atoms with Gasteiger partial charge in [0.15, 0.2) is 0 Å². The van der Waals surface area contributed by atoms with Gasteiger partial charge in [-0.1, -0.05) is 23.4 Å². The Labute approximate surface area is 164 Å². The van der Waals surface area contributed by atoms with Crippen molar-refractivity contribution in [1.29, 1.82) is 0 Å². The van der Waals surface area contributed by atoms with E-state index in [1.165, 1.54) is 24.3 Å². The molecule has 3 N–H and O–H groups in total. The maximum Gasteiger partial charge on any atom is 0.277 e. The van der Waals surface area contributed by atoms with Gasteiger partial charge in [-0.25, -0.2) is 13.6 Å². The molecule has 0 aliphatic rings. The second-order valence-electron chi connectivity index (χ2n) is 5.29. The predicted molar refractivity (Wildman–Crippen MR) is 102 cm³/mol. The molecule has 11 heteroatoms. The van der Waals surface area contributed by atoms with E-state index in [9.17, 15) is 13.2 Å². The molecule has 0 unspecified atom stereocenters. The lowest BCUT2D eigenvalue weighted by atomic mass is 10.2. The predicted octanol–water partition coefficient (Wildman–Crippen LogP) is 2.77. The fourth-order valence-corrected chi connectivity index (χ4v) is 3.23. The number of anilines is 1. The van der Waals surface area contributed by atoms with Crippen molar-refractivity contribution in [3.05, 3.63) is 53.6 Å². The van der Waals surface area contributed by atoms with Crippen LogP contribution in [0.5, 0.6) is 0 Å². The second-order valence-corrected chi connectivity index (χ2v) is 8.21. The highest BCUT2D eigenvalue weighted by Gasteiger charge is 2.12. The number of nitrogens with two attached hydrogens (primary N) is 1. The van der Waals surface area contributed by atoms with Crippen molar-refractivity contribution in [2.45, 2.75) is 10.1 Å². The van der Waals surface area contributed by atoms with Gasteiger partial charge in [0, 0.05) is 16.3 Å². The van der Waals surface area contributed by atoms with Gasteiger partial charge in [0.1, 0.15) is 0 Å². The van der Waals surface area contributed by atoms with Gasteiger partial charge in [-0.15, -0.1) is 10.2 Å². The fraction of sp³-hybridized carbons (Fsp3) is 0.0625. The first-order valence-corrected chi connectivity index (χ1v) is 10.4. The Balaban J connectivity index is 1.56. The number of primary sulfonamides is 1. The topological polar surface area (TPSA) is 128 Å². The summed E-state index contributed by atoms with van der Waals surface area (Å²) in [7, 11) is -3.77. The molecule has 0 saturated carbocycles. The molecule has 0 atom stereocenters. The Morgan fingerprint density at radius 3 is 2.41 bits per heavy atom. The Bertz CT molecular complexity index is 1050. The number of hydrogen-bond donors (Lipinski definition) is 2. The van der Waals surface area contributed by atoms with Gasteiger partial charge in [-0.3, -0.25) is 4.79 Å². The summed E-state index contributed by atoms with van der Waals surface area (Å²) in [6, 6.07) is 12.5. The van der Waals surface area contributed by atoms with Gasteiger partial charge in [-0.2, -0.15) is 0 Å². The van der Waals surface area contributed by atoms with Gasteiger partial charge >= 0.3 is 0 Å². The number of amides is 1. The Morgan fingerprint density at radius 2 is 1.78 bits per heavy atom. The molecule has 0 fully saturated rings. The Morgan fingerprint density at radius 1 is 1.11 bits per heavy atom. The van der Waals surface area contributed by atoms with E-state index in [2.05, 4.69) is 15.5 Å². The molecule has 1 heterocycles. The molecule has 0 spiro atoms. The average Bonchev–Trinajstić information content (AvgIpc) is 3.09. The van der Waals surface area contributed by atoms with Crippen LogP contribution in [0.25, 0.3) is 11.5 Å². The van der Waals surface area contributed by atoms with Crippen LogP contribution in [-0.4, -0.2) is 30.3 Å². The molecule has 0 bridgehead atoms. The lowest BCUT2D eigenvalue weighted by Gasteiger charge is -2.05. The first-order valence-electron chi connectivity index (χ1n) is 7.46. The highest BCUT2D eigenvalue weighted by Crippen LogP contribution is 2.24. The molecule has 0 aliphatic heterocycles. The van der Waals surface area contributed by atoms with E-state index < -0.39 is 10.0 Å². The zero-order valence-corrected chi connectivity index (χ0v) is 16.0. The van der Waals surface area contributed by atoms with Crippen LogP contribution in [0.1, 0.15) is 0 Å². The maximum atomic E-state index is 12.0. The van der Waals surface area contributed by atoms with Gasteiger partial charge in [0.25, 0.3) is 5.22 Å². The van der Waals surface area contributed by atoms with Crippen molar-refractivity contribution < 1.29 is 17.6 Å². The van der Waals surface area contributed by atoms with Crippen molar-refractivity contribution in [2.24, 2.45) is 5.14 Å². The Kier molecular flexibility index (Phi) is 5.80. The zero-order chi connectivity index (χ0) is 19.4. The second kappa shape index (κ2) is 8.09. The van der Waals surface area contributed by atoms with Crippen LogP contribution in [0, 0.1) is 0 Å². The van der Waals surface area contributed by atoms with Gasteiger partial charge < -0.3 is 9.73 Å². The number of nitrogens with zero attached hydrogens (tertiary/aromatic N) is 2. The summed E-state index contributed by atoms with van der Waals surface area (Å²) in [6.45, 7) is 0. The van der Waals surface area contributed by atoms with Crippen LogP contribution in [0.15, 0.2) is 63.1 Å². The molecule has 27 heavy (non-hydrogen) atoms. The SMILES string of the molecule is NS(=O)(=O)c1ccc(NC(=O)CSc2nnc(-c3ccc(Cl)cc3)o2)cc1. The molecule has 1 aromatic heterocycles. The van der Waals surface area contributed by atoms with E-state index in [1.54, 1.807) is 24.3 Å². The van der Waals surface area contributed by atoms with Gasteiger partial charge in [0.2, 0.25) is 21.8 Å². The van der Waals surface area contributed by atoms with Crippen molar-refractivity contribution in [1.82, 2.24) is 10.2 Å². The monoisotopic (exact) mass is 424 g/mol. The number of thioether (sulfide) groups is 1. The minimum absolute atomic E-state index is 0.0320. The van der Waals surface area contributed by atoms with E-state index in [1.807, 2.05) is 0 Å². The third-order valence-corrected chi connectivity index (χ3v) is 5.29. The van der Waals surface area contributed by atoms with Crippen LogP contribution in [-0.2, 0) is 14.8 Å². The lowest BCUT2D eigenvalue weighted by molar-refractivity contribution is -0.113. The van der Waals surface area contributed by atoms with E-state index >= 15 is 0 Å². The molecule has 140 valence electrons. The molecule has 3 aromatic rings. The Hall–Kier alpha value is -2.40. The largest absolute Gasteiger partial charge is 0.411 e. The summed E-state index contributed by atoms with van der Waals surface area (Å²) in [5, 5.41) is 16.3. The van der Waals surface area contributed by atoms with Crippen LogP contribution in [0.4, 0.5) is 5.69 Å². The first kappa shape index (κ1) is 19.4. The summed E-state index contributed by atoms with van der Waals surface area (Å²) in [6.07, 6.45) is 0. The number of sulfonamides is 1. The number of aromatic nitrogens is 2. The molecule has 1 amide bonds. The van der Waals surface area contributed by atoms with Gasteiger partial charge in [0.05, 0.1) is 10.6 Å². The first-order chi connectivity index (χ1) is 12.8. The average molecular weight is 425 g/mol. The minimum atomic E-state index is -3.77. The molecule has 0 aliphatic carbocycles. The van der Waals surface area contributed by atoms with E-state index in [0.717, 1.165) is 17.3 Å². The van der Waals surface area contributed by atoms with E-state index in [4.69, 9.17) is 21.2 Å². The summed E-state index contributed by atoms with van der Waals surface area (Å²) < 4.78 is 27.9. The van der Waals surface area contributed by atoms with Crippen LogP contribution >= 0.6 is 23.4 Å². The summed E-state index contributed by atoms with van der Waals surface area (Å²) in [5.41, 5.74) is 1.17. The maximum absolute atomic E-state index is 12.0. The standard InChI is InChI=1S/C16H13ClN4O4S2/c17-11-3-1-10(2-4-11)15-20-21-16(25-15)26-9-14(22)19-12-5-7-13(8-6-12)27(18,23)24/h1-8H,9H2,(H,19,22)(H2,18,23,24). The number of halogens is 1. The van der Waals surface area contributed by atoms with Crippen LogP contribution < -0.4 is 10.5 Å². The molecule has 3 rings (SSSR count). The highest BCUT2D eigenvalue weighted by molar-refractivity contribution is 7.99. The number of carbonyl (C=O) groups excluding carboxylic acids is 1. The molecule has 0 radical (unpaired) electrons. The normalized spacial score (nSPS) is 11.3. The summed E-state index contributed by atoms with van der Waals surface area (Å²) in [4.78, 5) is 12.0. The third-order valence-electron chi connectivity index (χ3n) is 3.29. The zero-order valence-electron chi connectivity index (χ0n) is 13.6. The van der Waals surface area contributed by atoms with E-state index in [0.29, 0.717) is 16.6 Å². The summed E-state index contributed by atoms with van der Waals surface area (Å²) >= 11 is 6.91. The van der Waals surface area contributed by atoms with Crippen molar-refractivity contribution >= 4 is 45.0 Å². The smallest absolute Gasteiger partial charge is 0.277 e. The quantitative estimate of drug-likeness (QED) is 0.582. The molecular weight excluding hydrogens is 412 g/mol. The number of nitrogens with one attached hydrogen (secondary N) is 1. The molecule has 8 nitrogen and oxygen atoms in total. The fourth-order valence-electron chi connectivity index (χ4n) is 2.03. The number of rotatable bonds is 6. The molecule has 0 saturated heterocycles. The van der Waals surface area contributed by atoms with Crippen molar-refractivity contribution in [3.8, 4) is 11.5 Å². The van der Waals surface area contributed by atoms with Crippen LogP contribution in [0.3, 0.4) is 0 Å². The summed E-state index contributed by atoms with van der Waals surface area (Å²) in [5.74, 6) is 0.0573. The third kappa shape index (κ3) is 5.30. The van der Waals surface area contributed by atoms with Crippen molar-refractivity contribution in [3.63, 3.8) is 0 Å².